The van der Waals surface area contributed by atoms with E-state index in [0.29, 0.717) is 29.9 Å². The number of methoxy groups -OCH3 is 1. The van der Waals surface area contributed by atoms with E-state index in [4.69, 9.17) is 9.47 Å². The Hall–Kier alpha value is -2.73. The van der Waals surface area contributed by atoms with Gasteiger partial charge in [-0.1, -0.05) is 49.6 Å². The molecule has 5 atom stereocenters. The summed E-state index contributed by atoms with van der Waals surface area (Å²) in [6.45, 7) is 2.26. The van der Waals surface area contributed by atoms with E-state index < -0.39 is 0 Å². The molecular weight excluding hydrogens is 524 g/mol. The van der Waals surface area contributed by atoms with Gasteiger partial charge in [0.15, 0.2) is 11.5 Å². The van der Waals surface area contributed by atoms with Crippen molar-refractivity contribution in [2.24, 2.45) is 11.8 Å². The minimum atomic E-state index is -0.157. The van der Waals surface area contributed by atoms with Gasteiger partial charge in [-0.05, 0) is 81.7 Å². The summed E-state index contributed by atoms with van der Waals surface area (Å²) in [6.07, 6.45) is 14.0. The van der Waals surface area contributed by atoms with Crippen molar-refractivity contribution >= 4 is 5.91 Å². The number of hydrogen-bond acceptors (Lipinski definition) is 5. The van der Waals surface area contributed by atoms with Crippen LogP contribution in [0.2, 0.25) is 0 Å². The predicted octanol–water partition coefficient (Wildman–Crippen LogP) is 6.26. The Morgan fingerprint density at radius 2 is 1.88 bits per heavy atom. The maximum Gasteiger partial charge on any atom is 0.222 e. The second-order valence-corrected chi connectivity index (χ2v) is 13.8. The predicted molar refractivity (Wildman–Crippen MR) is 164 cm³/mol. The molecule has 0 radical (unpaired) electrons. The first-order chi connectivity index (χ1) is 20.5. The number of unbranched alkanes of at least 4 members (excludes halogenated alkanes) is 4. The molecule has 226 valence electrons. The van der Waals surface area contributed by atoms with Crippen LogP contribution in [0.1, 0.15) is 87.3 Å². The average molecular weight is 573 g/mol. The van der Waals surface area contributed by atoms with E-state index in [-0.39, 0.29) is 23.5 Å². The minimum absolute atomic E-state index is 0.0421. The number of aryl methyl sites for hydroxylation is 1. The Labute approximate surface area is 251 Å². The van der Waals surface area contributed by atoms with Gasteiger partial charge < -0.3 is 19.5 Å². The Bertz CT molecular complexity index is 1290. The third-order valence-electron chi connectivity index (χ3n) is 11.5. The van der Waals surface area contributed by atoms with Crippen LogP contribution in [-0.2, 0) is 23.1 Å². The number of aromatic hydroxyl groups is 1. The fourth-order valence-corrected chi connectivity index (χ4v) is 9.20. The molecule has 0 aromatic heterocycles. The first-order valence-corrected chi connectivity index (χ1v) is 16.6. The number of phenolic OH excluding ortho intramolecular Hbond substituents is 1. The van der Waals surface area contributed by atoms with Crippen LogP contribution in [0.3, 0.4) is 0 Å². The molecule has 2 aromatic rings. The summed E-state index contributed by atoms with van der Waals surface area (Å²) < 4.78 is 12.7. The minimum Gasteiger partial charge on any atom is -0.508 e. The molecule has 6 nitrogen and oxygen atoms in total. The number of rotatable bonds is 12. The second-order valence-electron chi connectivity index (χ2n) is 13.8. The molecule has 42 heavy (non-hydrogen) atoms. The summed E-state index contributed by atoms with van der Waals surface area (Å²) >= 11 is 0. The lowest BCUT2D eigenvalue weighted by Gasteiger charge is -2.60. The molecule has 3 fully saturated rings. The maximum absolute atomic E-state index is 13.6. The molecule has 1 N–H and O–H groups in total. The fraction of sp³-hybridized carbons (Fsp3) is 0.639. The second kappa shape index (κ2) is 11.4. The molecule has 7 rings (SSSR count). The van der Waals surface area contributed by atoms with Crippen molar-refractivity contribution in [1.29, 1.82) is 0 Å². The number of nitrogens with zero attached hydrogens (tertiary/aromatic N) is 2. The Kier molecular flexibility index (Phi) is 7.62. The molecule has 1 spiro atoms. The van der Waals surface area contributed by atoms with Crippen molar-refractivity contribution in [1.82, 2.24) is 9.80 Å². The number of piperidine rings is 1. The topological polar surface area (TPSA) is 62.2 Å². The van der Waals surface area contributed by atoms with E-state index in [1.165, 1.54) is 49.8 Å². The van der Waals surface area contributed by atoms with Crippen molar-refractivity contribution in [2.45, 2.75) is 107 Å². The Morgan fingerprint density at radius 1 is 1.10 bits per heavy atom. The molecule has 2 aliphatic heterocycles. The first-order valence-electron chi connectivity index (χ1n) is 16.6. The highest BCUT2D eigenvalue weighted by molar-refractivity contribution is 5.76. The molecule has 2 heterocycles. The van der Waals surface area contributed by atoms with E-state index in [2.05, 4.69) is 35.2 Å². The molecule has 2 bridgehead atoms. The van der Waals surface area contributed by atoms with Crippen molar-refractivity contribution in [3.63, 3.8) is 0 Å². The van der Waals surface area contributed by atoms with Gasteiger partial charge in [-0.2, -0.15) is 0 Å². The van der Waals surface area contributed by atoms with Crippen LogP contribution in [0.4, 0.5) is 0 Å². The van der Waals surface area contributed by atoms with E-state index in [0.717, 1.165) is 68.7 Å². The molecule has 1 amide bonds. The SMILES string of the molecule is COc1cc(O)c2c3c1O[C@H]1[C@H](N(C)C(=O)CCCCCCCc4ccccc4)CC[C@H]4[C@@H](C2)N(CC2CC2)CC[C@@]341. The number of carbonyl (C=O) groups is 1. The highest BCUT2D eigenvalue weighted by atomic mass is 16.5. The molecule has 5 aliphatic rings. The van der Waals surface area contributed by atoms with Crippen LogP contribution in [0.15, 0.2) is 36.4 Å². The zero-order valence-corrected chi connectivity index (χ0v) is 25.5. The Morgan fingerprint density at radius 3 is 2.67 bits per heavy atom. The highest BCUT2D eigenvalue weighted by Gasteiger charge is 2.67. The molecular formula is C36H48N2O4. The molecule has 6 heteroatoms. The van der Waals surface area contributed by atoms with Crippen LogP contribution in [0.25, 0.3) is 0 Å². The Balaban J connectivity index is 1.03. The quantitative estimate of drug-likeness (QED) is 0.304. The lowest BCUT2D eigenvalue weighted by Crippen LogP contribution is -2.69. The zero-order valence-electron chi connectivity index (χ0n) is 25.5. The number of ether oxygens (including phenoxy) is 2. The number of likely N-dealkylation sites (N-methyl/N-ethyl adjacent to an activating group) is 1. The number of hydrogen-bond donors (Lipinski definition) is 1. The van der Waals surface area contributed by atoms with Crippen molar-refractivity contribution in [3.05, 3.63) is 53.1 Å². The van der Waals surface area contributed by atoms with Crippen LogP contribution in [0.5, 0.6) is 17.2 Å². The third-order valence-corrected chi connectivity index (χ3v) is 11.5. The van der Waals surface area contributed by atoms with E-state index >= 15 is 0 Å². The first kappa shape index (κ1) is 28.1. The van der Waals surface area contributed by atoms with E-state index in [1.807, 2.05) is 11.9 Å². The summed E-state index contributed by atoms with van der Waals surface area (Å²) in [5.41, 5.74) is 3.53. The molecule has 1 saturated heterocycles. The smallest absolute Gasteiger partial charge is 0.222 e. The van der Waals surface area contributed by atoms with Crippen LogP contribution < -0.4 is 9.47 Å². The number of phenols is 1. The van der Waals surface area contributed by atoms with E-state index in [1.54, 1.807) is 13.2 Å². The van der Waals surface area contributed by atoms with Crippen molar-refractivity contribution in [2.75, 3.05) is 27.2 Å². The van der Waals surface area contributed by atoms with E-state index in [9.17, 15) is 9.90 Å². The normalized spacial score (nSPS) is 29.1. The standard InChI is InChI=1S/C36H48N2O4/c1-37(32(40)14-10-5-3-4-7-11-24-12-8-6-9-13-24)28-18-17-27-29-21-26-30(39)22-31(41-2)34-33(26)36(27,35(28)42-34)19-20-38(29)23-25-15-16-25/h6,8-9,12-13,22,25,27-29,35,39H,3-5,7,10-11,14-21,23H2,1-2H3/t27-,28+,29+,35-,36-/m0/s1. The number of benzene rings is 2. The van der Waals surface area contributed by atoms with Crippen LogP contribution >= 0.6 is 0 Å². The number of likely N-dealkylation sites (tertiary alicyclic amines) is 1. The lowest BCUT2D eigenvalue weighted by molar-refractivity contribution is -0.140. The summed E-state index contributed by atoms with van der Waals surface area (Å²) in [6, 6.07) is 13.0. The van der Waals surface area contributed by atoms with Gasteiger partial charge in [0.25, 0.3) is 0 Å². The van der Waals surface area contributed by atoms with Gasteiger partial charge >= 0.3 is 0 Å². The van der Waals surface area contributed by atoms with Gasteiger partial charge in [0.05, 0.1) is 13.2 Å². The van der Waals surface area contributed by atoms with Gasteiger partial charge in [-0.25, -0.2) is 0 Å². The maximum atomic E-state index is 13.6. The molecule has 3 aliphatic carbocycles. The summed E-state index contributed by atoms with van der Waals surface area (Å²) in [7, 11) is 3.67. The largest absolute Gasteiger partial charge is 0.508 e. The van der Waals surface area contributed by atoms with Gasteiger partial charge in [0.2, 0.25) is 5.91 Å². The number of amides is 1. The van der Waals surface area contributed by atoms with Crippen molar-refractivity contribution < 1.29 is 19.4 Å². The van der Waals surface area contributed by atoms with Gasteiger partial charge in [-0.3, -0.25) is 9.69 Å². The zero-order chi connectivity index (χ0) is 28.8. The summed E-state index contributed by atoms with van der Waals surface area (Å²) in [4.78, 5) is 18.3. The monoisotopic (exact) mass is 572 g/mol. The lowest BCUT2D eigenvalue weighted by atomic mass is 9.50. The van der Waals surface area contributed by atoms with Crippen LogP contribution in [-0.4, -0.2) is 66.2 Å². The molecule has 2 aromatic carbocycles. The number of carbonyl (C=O) groups excluding carboxylic acids is 1. The van der Waals surface area contributed by atoms with Crippen molar-refractivity contribution in [3.8, 4) is 17.2 Å². The van der Waals surface area contributed by atoms with Gasteiger partial charge in [0.1, 0.15) is 11.9 Å². The van der Waals surface area contributed by atoms with Gasteiger partial charge in [-0.15, -0.1) is 0 Å². The summed E-state index contributed by atoms with van der Waals surface area (Å²) in [5.74, 6) is 3.39. The average Bonchev–Trinajstić information content (AvgIpc) is 3.76. The third kappa shape index (κ3) is 4.78. The fourth-order valence-electron chi connectivity index (χ4n) is 9.20. The van der Waals surface area contributed by atoms with Crippen LogP contribution in [0, 0.1) is 11.8 Å². The summed E-state index contributed by atoms with van der Waals surface area (Å²) in [5, 5.41) is 11.2. The molecule has 2 saturated carbocycles. The molecule has 0 unspecified atom stereocenters. The highest BCUT2D eigenvalue weighted by Crippen LogP contribution is 2.65. The van der Waals surface area contributed by atoms with Gasteiger partial charge in [0, 0.05) is 48.7 Å².